The first-order valence-corrected chi connectivity index (χ1v) is 4.73. The summed E-state index contributed by atoms with van der Waals surface area (Å²) in [6.45, 7) is 4.04. The maximum Gasteiger partial charge on any atom is 0.332 e. The zero-order chi connectivity index (χ0) is 8.85. The molecule has 0 aromatic rings. The predicted octanol–water partition coefficient (Wildman–Crippen LogP) is 2.44. The van der Waals surface area contributed by atoms with Crippen LogP contribution in [0.1, 0.15) is 20.3 Å². The first kappa shape index (κ1) is 10.7. The van der Waals surface area contributed by atoms with Crippen LogP contribution in [0.4, 0.5) is 0 Å². The van der Waals surface area contributed by atoms with E-state index in [1.165, 1.54) is 0 Å². The average molecular weight is 221 g/mol. The van der Waals surface area contributed by atoms with Crippen molar-refractivity contribution in [1.82, 2.24) is 0 Å². The lowest BCUT2D eigenvalue weighted by molar-refractivity contribution is -0.132. The minimum atomic E-state index is -0.831. The number of hydrogen-bond donors (Lipinski definition) is 1. The second-order valence-electron chi connectivity index (χ2n) is 2.52. The van der Waals surface area contributed by atoms with Gasteiger partial charge < -0.3 is 5.11 Å². The Bertz CT molecular complexity index is 163. The summed E-state index contributed by atoms with van der Waals surface area (Å²) in [5, 5.41) is 9.04. The maximum atomic E-state index is 10.5. The van der Waals surface area contributed by atoms with Crippen LogP contribution in [-0.4, -0.2) is 16.4 Å². The third-order valence-corrected chi connectivity index (χ3v) is 2.15. The van der Waals surface area contributed by atoms with Crippen molar-refractivity contribution in [3.8, 4) is 0 Å². The SMILES string of the molecule is CCC(C)/C=C(\CBr)C(=O)O. The molecule has 0 saturated carbocycles. The standard InChI is InChI=1S/C8H13BrO2/c1-3-6(2)4-7(5-9)8(10)11/h4,6H,3,5H2,1-2H3,(H,10,11)/b7-4+. The van der Waals surface area contributed by atoms with Gasteiger partial charge in [-0.15, -0.1) is 0 Å². The van der Waals surface area contributed by atoms with E-state index in [2.05, 4.69) is 15.9 Å². The molecule has 2 nitrogen and oxygen atoms in total. The maximum absolute atomic E-state index is 10.5. The molecule has 0 aromatic carbocycles. The Kier molecular flexibility index (Phi) is 5.20. The lowest BCUT2D eigenvalue weighted by Crippen LogP contribution is -2.03. The number of hydrogen-bond acceptors (Lipinski definition) is 1. The van der Waals surface area contributed by atoms with Gasteiger partial charge in [-0.2, -0.15) is 0 Å². The molecule has 0 aromatic heterocycles. The Labute approximate surface area is 75.4 Å². The molecule has 0 aliphatic carbocycles. The third kappa shape index (κ3) is 4.19. The lowest BCUT2D eigenvalue weighted by atomic mass is 10.1. The smallest absolute Gasteiger partial charge is 0.332 e. The molecule has 0 saturated heterocycles. The lowest BCUT2D eigenvalue weighted by Gasteiger charge is -2.02. The summed E-state index contributed by atoms with van der Waals surface area (Å²) in [4.78, 5) is 10.5. The summed E-state index contributed by atoms with van der Waals surface area (Å²) in [5.41, 5.74) is 0.444. The molecule has 0 heterocycles. The van der Waals surface area contributed by atoms with Crippen LogP contribution in [0, 0.1) is 5.92 Å². The van der Waals surface area contributed by atoms with Gasteiger partial charge in [0.05, 0.1) is 0 Å². The van der Waals surface area contributed by atoms with Crippen LogP contribution in [0.2, 0.25) is 0 Å². The monoisotopic (exact) mass is 220 g/mol. The van der Waals surface area contributed by atoms with E-state index in [4.69, 9.17) is 5.11 Å². The quantitative estimate of drug-likeness (QED) is 0.584. The Hall–Kier alpha value is -0.310. The molecule has 0 rings (SSSR count). The molecule has 1 unspecified atom stereocenters. The van der Waals surface area contributed by atoms with Gasteiger partial charge in [0.25, 0.3) is 0 Å². The van der Waals surface area contributed by atoms with Crippen LogP contribution in [0.25, 0.3) is 0 Å². The van der Waals surface area contributed by atoms with Crippen molar-refractivity contribution in [3.05, 3.63) is 11.6 Å². The third-order valence-electron chi connectivity index (χ3n) is 1.55. The van der Waals surface area contributed by atoms with Gasteiger partial charge in [0.1, 0.15) is 0 Å². The van der Waals surface area contributed by atoms with Gasteiger partial charge in [0, 0.05) is 10.9 Å². The number of carboxylic acid groups (broad SMARTS) is 1. The van der Waals surface area contributed by atoms with Gasteiger partial charge in [-0.25, -0.2) is 4.79 Å². The van der Waals surface area contributed by atoms with Crippen LogP contribution in [-0.2, 0) is 4.79 Å². The van der Waals surface area contributed by atoms with E-state index in [1.807, 2.05) is 13.8 Å². The second kappa shape index (κ2) is 5.35. The van der Waals surface area contributed by atoms with Crippen molar-refractivity contribution in [2.45, 2.75) is 20.3 Å². The second-order valence-corrected chi connectivity index (χ2v) is 3.08. The fourth-order valence-electron chi connectivity index (χ4n) is 0.634. The zero-order valence-corrected chi connectivity index (χ0v) is 8.39. The number of carboxylic acids is 1. The van der Waals surface area contributed by atoms with E-state index in [-0.39, 0.29) is 0 Å². The molecule has 0 fully saturated rings. The molecular formula is C8H13BrO2. The highest BCUT2D eigenvalue weighted by atomic mass is 79.9. The minimum Gasteiger partial charge on any atom is -0.478 e. The molecule has 11 heavy (non-hydrogen) atoms. The van der Waals surface area contributed by atoms with Crippen molar-refractivity contribution in [3.63, 3.8) is 0 Å². The number of carbonyl (C=O) groups is 1. The largest absolute Gasteiger partial charge is 0.478 e. The van der Waals surface area contributed by atoms with Crippen molar-refractivity contribution in [2.24, 2.45) is 5.92 Å². The van der Waals surface area contributed by atoms with Crippen LogP contribution >= 0.6 is 15.9 Å². The van der Waals surface area contributed by atoms with E-state index in [0.717, 1.165) is 6.42 Å². The molecule has 64 valence electrons. The molecular weight excluding hydrogens is 208 g/mol. The van der Waals surface area contributed by atoms with Crippen LogP contribution < -0.4 is 0 Å². The van der Waals surface area contributed by atoms with Gasteiger partial charge in [-0.05, 0) is 5.92 Å². The van der Waals surface area contributed by atoms with E-state index < -0.39 is 5.97 Å². The number of allylic oxidation sites excluding steroid dienone is 1. The van der Waals surface area contributed by atoms with Crippen molar-refractivity contribution >= 4 is 21.9 Å². The number of rotatable bonds is 4. The Morgan fingerprint density at radius 2 is 2.27 bits per heavy atom. The summed E-state index contributed by atoms with van der Waals surface area (Å²) in [5.74, 6) is -0.485. The van der Waals surface area contributed by atoms with E-state index in [9.17, 15) is 4.79 Å². The molecule has 0 spiro atoms. The summed E-state index contributed by atoms with van der Waals surface area (Å²) in [6.07, 6.45) is 2.76. The van der Waals surface area contributed by atoms with Crippen molar-refractivity contribution in [1.29, 1.82) is 0 Å². The molecule has 1 N–H and O–H groups in total. The van der Waals surface area contributed by atoms with Crippen LogP contribution in [0.15, 0.2) is 11.6 Å². The van der Waals surface area contributed by atoms with Gasteiger partial charge in [0.15, 0.2) is 0 Å². The molecule has 0 bridgehead atoms. The predicted molar refractivity (Wildman–Crippen MR) is 49.0 cm³/mol. The van der Waals surface area contributed by atoms with Crippen molar-refractivity contribution in [2.75, 3.05) is 5.33 Å². The molecule has 0 aliphatic heterocycles. The number of aliphatic carboxylic acids is 1. The fraction of sp³-hybridized carbons (Fsp3) is 0.625. The first-order valence-electron chi connectivity index (χ1n) is 3.61. The van der Waals surface area contributed by atoms with E-state index in [1.54, 1.807) is 6.08 Å². The first-order chi connectivity index (χ1) is 5.11. The zero-order valence-electron chi connectivity index (χ0n) is 6.80. The summed E-state index contributed by atoms with van der Waals surface area (Å²) < 4.78 is 0. The molecule has 3 heteroatoms. The highest BCUT2D eigenvalue weighted by Crippen LogP contribution is 2.09. The number of halogens is 1. The van der Waals surface area contributed by atoms with Gasteiger partial charge in [-0.1, -0.05) is 42.3 Å². The molecule has 0 amide bonds. The van der Waals surface area contributed by atoms with Crippen LogP contribution in [0.3, 0.4) is 0 Å². The van der Waals surface area contributed by atoms with Gasteiger partial charge in [0.2, 0.25) is 0 Å². The molecule has 0 aliphatic rings. The van der Waals surface area contributed by atoms with Gasteiger partial charge >= 0.3 is 5.97 Å². The highest BCUT2D eigenvalue weighted by molar-refractivity contribution is 9.09. The van der Waals surface area contributed by atoms with E-state index >= 15 is 0 Å². The fourth-order valence-corrected chi connectivity index (χ4v) is 1.06. The minimum absolute atomic E-state index is 0.346. The molecule has 1 atom stereocenters. The Morgan fingerprint density at radius 1 is 1.73 bits per heavy atom. The summed E-state index contributed by atoms with van der Waals surface area (Å²) >= 11 is 3.12. The summed E-state index contributed by atoms with van der Waals surface area (Å²) in [7, 11) is 0. The average Bonchev–Trinajstić information content (AvgIpc) is 1.99. The highest BCUT2D eigenvalue weighted by Gasteiger charge is 2.05. The number of alkyl halides is 1. The Balaban J connectivity index is 4.22. The van der Waals surface area contributed by atoms with E-state index in [0.29, 0.717) is 16.8 Å². The van der Waals surface area contributed by atoms with Crippen molar-refractivity contribution < 1.29 is 9.90 Å². The normalized spacial score (nSPS) is 14.6. The summed E-state index contributed by atoms with van der Waals surface area (Å²) in [6, 6.07) is 0. The van der Waals surface area contributed by atoms with Crippen LogP contribution in [0.5, 0.6) is 0 Å². The van der Waals surface area contributed by atoms with Gasteiger partial charge in [-0.3, -0.25) is 0 Å². The topological polar surface area (TPSA) is 37.3 Å². The molecule has 0 radical (unpaired) electrons. The Morgan fingerprint density at radius 3 is 2.55 bits per heavy atom.